The number of hydrogen-bond acceptors (Lipinski definition) is 4. The average molecular weight is 334 g/mol. The third-order valence-corrected chi connectivity index (χ3v) is 4.63. The van der Waals surface area contributed by atoms with E-state index < -0.39 is 0 Å². The van der Waals surface area contributed by atoms with Gasteiger partial charge in [0.15, 0.2) is 0 Å². The standard InChI is InChI=1S/C18H30N4O2/c1-22(16-7-4-3-5-8-16)12-6-11-19-18(23)21-14-15-9-10-17(24-2)20-13-15/h9-10,13,16H,3-8,11-12,14H2,1-2H3,(H2,19,21,23). The fourth-order valence-corrected chi connectivity index (χ4v) is 3.12. The van der Waals surface area contributed by atoms with Crippen LogP contribution in [-0.2, 0) is 6.54 Å². The first-order chi connectivity index (χ1) is 11.7. The maximum atomic E-state index is 11.8. The Morgan fingerprint density at radius 2 is 2.08 bits per heavy atom. The van der Waals surface area contributed by atoms with E-state index in [9.17, 15) is 4.79 Å². The van der Waals surface area contributed by atoms with Crippen LogP contribution in [-0.4, -0.2) is 49.2 Å². The molecule has 1 saturated carbocycles. The zero-order chi connectivity index (χ0) is 17.2. The van der Waals surface area contributed by atoms with Crippen LogP contribution < -0.4 is 15.4 Å². The molecule has 2 N–H and O–H groups in total. The molecule has 6 heteroatoms. The van der Waals surface area contributed by atoms with Crippen molar-refractivity contribution in [2.24, 2.45) is 0 Å². The van der Waals surface area contributed by atoms with E-state index in [0.29, 0.717) is 19.0 Å². The minimum Gasteiger partial charge on any atom is -0.481 e. The van der Waals surface area contributed by atoms with E-state index in [-0.39, 0.29) is 6.03 Å². The van der Waals surface area contributed by atoms with Crippen LogP contribution in [0.5, 0.6) is 5.88 Å². The SMILES string of the molecule is COc1ccc(CNC(=O)NCCCN(C)C2CCCCC2)cn1. The number of methoxy groups -OCH3 is 1. The molecule has 2 amide bonds. The van der Waals surface area contributed by atoms with Crippen molar-refractivity contribution in [2.75, 3.05) is 27.2 Å². The highest BCUT2D eigenvalue weighted by molar-refractivity contribution is 5.73. The van der Waals surface area contributed by atoms with Crippen LogP contribution in [0.3, 0.4) is 0 Å². The highest BCUT2D eigenvalue weighted by Gasteiger charge is 2.17. The van der Waals surface area contributed by atoms with Crippen molar-refractivity contribution in [3.05, 3.63) is 23.9 Å². The van der Waals surface area contributed by atoms with Crippen molar-refractivity contribution >= 4 is 6.03 Å². The predicted octanol–water partition coefficient (Wildman–Crippen LogP) is 2.54. The van der Waals surface area contributed by atoms with Crippen molar-refractivity contribution < 1.29 is 9.53 Å². The van der Waals surface area contributed by atoms with Crippen molar-refractivity contribution in [1.29, 1.82) is 0 Å². The van der Waals surface area contributed by atoms with Crippen LogP contribution in [0, 0.1) is 0 Å². The largest absolute Gasteiger partial charge is 0.481 e. The molecule has 1 aliphatic carbocycles. The highest BCUT2D eigenvalue weighted by Crippen LogP contribution is 2.21. The van der Waals surface area contributed by atoms with Gasteiger partial charge in [-0.05, 0) is 38.4 Å². The van der Waals surface area contributed by atoms with E-state index >= 15 is 0 Å². The summed E-state index contributed by atoms with van der Waals surface area (Å²) in [5.74, 6) is 0.574. The number of pyridine rings is 1. The summed E-state index contributed by atoms with van der Waals surface area (Å²) in [5, 5.41) is 5.76. The van der Waals surface area contributed by atoms with Crippen LogP contribution >= 0.6 is 0 Å². The maximum Gasteiger partial charge on any atom is 0.315 e. The Kier molecular flexibility index (Phi) is 7.82. The van der Waals surface area contributed by atoms with Gasteiger partial charge < -0.3 is 20.3 Å². The number of hydrogen-bond donors (Lipinski definition) is 2. The summed E-state index contributed by atoms with van der Waals surface area (Å²) in [7, 11) is 3.78. The van der Waals surface area contributed by atoms with Crippen molar-refractivity contribution in [1.82, 2.24) is 20.5 Å². The molecule has 0 spiro atoms. The summed E-state index contributed by atoms with van der Waals surface area (Å²) in [6.07, 6.45) is 9.42. The Hall–Kier alpha value is -1.82. The van der Waals surface area contributed by atoms with Gasteiger partial charge in [0.25, 0.3) is 0 Å². The molecule has 24 heavy (non-hydrogen) atoms. The highest BCUT2D eigenvalue weighted by atomic mass is 16.5. The third kappa shape index (κ3) is 6.35. The Morgan fingerprint density at radius 3 is 2.75 bits per heavy atom. The number of nitrogens with one attached hydrogen (secondary N) is 2. The molecule has 0 aromatic carbocycles. The lowest BCUT2D eigenvalue weighted by Gasteiger charge is -2.31. The lowest BCUT2D eigenvalue weighted by atomic mass is 9.94. The summed E-state index contributed by atoms with van der Waals surface area (Å²) in [6.45, 7) is 2.20. The van der Waals surface area contributed by atoms with E-state index in [1.807, 2.05) is 6.07 Å². The number of amides is 2. The van der Waals surface area contributed by atoms with Gasteiger partial charge in [-0.3, -0.25) is 0 Å². The van der Waals surface area contributed by atoms with E-state index in [0.717, 1.165) is 24.6 Å². The lowest BCUT2D eigenvalue weighted by Crippen LogP contribution is -2.38. The zero-order valence-electron chi connectivity index (χ0n) is 14.9. The summed E-state index contributed by atoms with van der Waals surface area (Å²) in [4.78, 5) is 18.4. The second-order valence-electron chi connectivity index (χ2n) is 6.44. The number of urea groups is 1. The normalized spacial score (nSPS) is 15.3. The summed E-state index contributed by atoms with van der Waals surface area (Å²) in [6, 6.07) is 4.28. The molecule has 134 valence electrons. The molecule has 0 saturated heterocycles. The monoisotopic (exact) mass is 334 g/mol. The Labute approximate surface area is 145 Å². The fourth-order valence-electron chi connectivity index (χ4n) is 3.12. The molecule has 6 nitrogen and oxygen atoms in total. The van der Waals surface area contributed by atoms with Crippen LogP contribution in [0.25, 0.3) is 0 Å². The predicted molar refractivity (Wildman–Crippen MR) is 95.1 cm³/mol. The van der Waals surface area contributed by atoms with Gasteiger partial charge in [-0.1, -0.05) is 25.3 Å². The third-order valence-electron chi connectivity index (χ3n) is 4.63. The van der Waals surface area contributed by atoms with Crippen molar-refractivity contribution in [3.63, 3.8) is 0 Å². The number of ether oxygens (including phenoxy) is 1. The molecule has 1 aromatic rings. The van der Waals surface area contributed by atoms with Gasteiger partial charge in [0.1, 0.15) is 0 Å². The first kappa shape index (κ1) is 18.5. The summed E-state index contributed by atoms with van der Waals surface area (Å²) >= 11 is 0. The molecule has 1 aliphatic rings. The maximum absolute atomic E-state index is 11.8. The number of carbonyl (C=O) groups excluding carboxylic acids is 1. The molecule has 0 bridgehead atoms. The van der Waals surface area contributed by atoms with E-state index in [1.54, 1.807) is 19.4 Å². The van der Waals surface area contributed by atoms with Crippen LogP contribution in [0.2, 0.25) is 0 Å². The fraction of sp³-hybridized carbons (Fsp3) is 0.667. The molecular weight excluding hydrogens is 304 g/mol. The van der Waals surface area contributed by atoms with Crippen LogP contribution in [0.15, 0.2) is 18.3 Å². The van der Waals surface area contributed by atoms with Gasteiger partial charge in [0.2, 0.25) is 5.88 Å². The minimum atomic E-state index is -0.133. The van der Waals surface area contributed by atoms with Crippen LogP contribution in [0.4, 0.5) is 4.79 Å². The van der Waals surface area contributed by atoms with E-state index in [4.69, 9.17) is 4.74 Å². The first-order valence-corrected chi connectivity index (χ1v) is 8.90. The molecule has 1 heterocycles. The zero-order valence-corrected chi connectivity index (χ0v) is 14.9. The van der Waals surface area contributed by atoms with E-state index in [1.165, 1.54) is 32.1 Å². The summed E-state index contributed by atoms with van der Waals surface area (Å²) < 4.78 is 5.01. The second kappa shape index (κ2) is 10.1. The number of aromatic nitrogens is 1. The number of carbonyl (C=O) groups is 1. The minimum absolute atomic E-state index is 0.133. The second-order valence-corrected chi connectivity index (χ2v) is 6.44. The van der Waals surface area contributed by atoms with Gasteiger partial charge in [0, 0.05) is 31.4 Å². The molecule has 0 aliphatic heterocycles. The van der Waals surface area contributed by atoms with Gasteiger partial charge in [-0.25, -0.2) is 9.78 Å². The Bertz CT molecular complexity index is 486. The first-order valence-electron chi connectivity index (χ1n) is 8.90. The molecule has 0 unspecified atom stereocenters. The number of nitrogens with zero attached hydrogens (tertiary/aromatic N) is 2. The molecule has 2 rings (SSSR count). The van der Waals surface area contributed by atoms with E-state index in [2.05, 4.69) is 27.6 Å². The average Bonchev–Trinajstić information content (AvgIpc) is 2.64. The number of rotatable bonds is 8. The molecule has 1 fully saturated rings. The molecule has 1 aromatic heterocycles. The topological polar surface area (TPSA) is 66.5 Å². The molecular formula is C18H30N4O2. The van der Waals surface area contributed by atoms with Crippen LogP contribution in [0.1, 0.15) is 44.1 Å². The van der Waals surface area contributed by atoms with Gasteiger partial charge in [-0.15, -0.1) is 0 Å². The molecule has 0 radical (unpaired) electrons. The summed E-state index contributed by atoms with van der Waals surface area (Å²) in [5.41, 5.74) is 0.947. The quantitative estimate of drug-likeness (QED) is 0.717. The van der Waals surface area contributed by atoms with Gasteiger partial charge >= 0.3 is 6.03 Å². The van der Waals surface area contributed by atoms with Gasteiger partial charge in [0.05, 0.1) is 7.11 Å². The van der Waals surface area contributed by atoms with Gasteiger partial charge in [-0.2, -0.15) is 0 Å². The Morgan fingerprint density at radius 1 is 1.29 bits per heavy atom. The smallest absolute Gasteiger partial charge is 0.315 e. The van der Waals surface area contributed by atoms with Crippen molar-refractivity contribution in [2.45, 2.75) is 51.1 Å². The van der Waals surface area contributed by atoms with Crippen molar-refractivity contribution in [3.8, 4) is 5.88 Å². The lowest BCUT2D eigenvalue weighted by molar-refractivity contribution is 0.189. The molecule has 0 atom stereocenters. The Balaban J connectivity index is 1.55.